The Hall–Kier alpha value is -3.27. The van der Waals surface area contributed by atoms with Gasteiger partial charge in [-0.1, -0.05) is 48.0 Å². The van der Waals surface area contributed by atoms with Crippen LogP contribution in [0.15, 0.2) is 72.8 Å². The van der Waals surface area contributed by atoms with Crippen molar-refractivity contribution in [2.45, 2.75) is 19.9 Å². The summed E-state index contributed by atoms with van der Waals surface area (Å²) in [6.07, 6.45) is 0.872. The van der Waals surface area contributed by atoms with Gasteiger partial charge in [0.1, 0.15) is 5.82 Å². The van der Waals surface area contributed by atoms with E-state index in [0.717, 1.165) is 46.9 Å². The van der Waals surface area contributed by atoms with Gasteiger partial charge in [0.05, 0.1) is 24.8 Å². The average molecular weight is 372 g/mol. The first-order valence-electron chi connectivity index (χ1n) is 9.54. The molecule has 1 heterocycles. The second-order valence-corrected chi connectivity index (χ2v) is 6.80. The molecule has 28 heavy (non-hydrogen) atoms. The van der Waals surface area contributed by atoms with Gasteiger partial charge in [0.2, 0.25) is 0 Å². The first kappa shape index (κ1) is 18.1. The average Bonchev–Trinajstić information content (AvgIpc) is 3.10. The minimum atomic E-state index is 0.611. The van der Waals surface area contributed by atoms with Gasteiger partial charge in [-0.05, 0) is 43.7 Å². The van der Waals surface area contributed by atoms with Crippen LogP contribution in [0.5, 0.6) is 11.5 Å². The monoisotopic (exact) mass is 372 g/mol. The number of methoxy groups -OCH3 is 1. The van der Waals surface area contributed by atoms with Crippen LogP contribution < -0.4 is 9.47 Å². The molecule has 0 saturated heterocycles. The van der Waals surface area contributed by atoms with Crippen molar-refractivity contribution in [2.24, 2.45) is 0 Å². The molecule has 4 nitrogen and oxygen atoms in total. The van der Waals surface area contributed by atoms with E-state index in [1.807, 2.05) is 30.3 Å². The van der Waals surface area contributed by atoms with E-state index in [2.05, 4.69) is 54.0 Å². The highest BCUT2D eigenvalue weighted by molar-refractivity contribution is 5.80. The van der Waals surface area contributed by atoms with Gasteiger partial charge in [-0.25, -0.2) is 4.98 Å². The molecule has 0 saturated carbocycles. The van der Waals surface area contributed by atoms with Crippen molar-refractivity contribution in [2.75, 3.05) is 13.7 Å². The van der Waals surface area contributed by atoms with Crippen molar-refractivity contribution in [3.05, 3.63) is 78.4 Å². The third-order valence-corrected chi connectivity index (χ3v) is 4.78. The molecule has 0 unspecified atom stereocenters. The van der Waals surface area contributed by atoms with Crippen molar-refractivity contribution in [1.29, 1.82) is 0 Å². The smallest absolute Gasteiger partial charge is 0.161 e. The molecule has 0 radical (unpaired) electrons. The van der Waals surface area contributed by atoms with Crippen LogP contribution in [0.1, 0.15) is 12.0 Å². The fourth-order valence-electron chi connectivity index (χ4n) is 3.45. The molecule has 3 aromatic carbocycles. The maximum Gasteiger partial charge on any atom is 0.161 e. The van der Waals surface area contributed by atoms with Crippen LogP contribution in [0.25, 0.3) is 22.4 Å². The molecule has 0 atom stereocenters. The Labute approximate surface area is 165 Å². The number of ether oxygens (including phenoxy) is 2. The van der Waals surface area contributed by atoms with Crippen LogP contribution in [-0.2, 0) is 6.54 Å². The first-order valence-corrected chi connectivity index (χ1v) is 9.54. The number of para-hydroxylation sites is 4. The summed E-state index contributed by atoms with van der Waals surface area (Å²) >= 11 is 0. The highest BCUT2D eigenvalue weighted by atomic mass is 16.5. The first-order chi connectivity index (χ1) is 13.8. The number of rotatable bonds is 7. The zero-order valence-corrected chi connectivity index (χ0v) is 16.3. The molecular formula is C24H24N2O2. The predicted octanol–water partition coefficient (Wildman–Crippen LogP) is 5.49. The number of hydrogen-bond acceptors (Lipinski definition) is 3. The number of aromatic nitrogens is 2. The van der Waals surface area contributed by atoms with Crippen molar-refractivity contribution in [3.8, 4) is 22.9 Å². The van der Waals surface area contributed by atoms with Crippen LogP contribution in [0.4, 0.5) is 0 Å². The second-order valence-electron chi connectivity index (χ2n) is 6.80. The predicted molar refractivity (Wildman–Crippen MR) is 113 cm³/mol. The standard InChI is InChI=1S/C24H24N2O2/c1-18-9-7-10-19(17-18)24-25-20-11-3-4-12-21(20)26(24)15-8-16-28-23-14-6-5-13-22(23)27-2/h3-7,9-14,17H,8,15-16H2,1-2H3. The number of fused-ring (bicyclic) bond motifs is 1. The minimum Gasteiger partial charge on any atom is -0.493 e. The third kappa shape index (κ3) is 3.72. The van der Waals surface area contributed by atoms with Crippen molar-refractivity contribution < 1.29 is 9.47 Å². The topological polar surface area (TPSA) is 36.3 Å². The van der Waals surface area contributed by atoms with Crippen molar-refractivity contribution in [3.63, 3.8) is 0 Å². The molecule has 0 spiro atoms. The zero-order valence-electron chi connectivity index (χ0n) is 16.3. The molecule has 0 aliphatic rings. The molecule has 142 valence electrons. The molecule has 0 amide bonds. The molecule has 0 aliphatic carbocycles. The Balaban J connectivity index is 1.55. The van der Waals surface area contributed by atoms with Crippen molar-refractivity contribution in [1.82, 2.24) is 9.55 Å². The van der Waals surface area contributed by atoms with Gasteiger partial charge in [-0.15, -0.1) is 0 Å². The molecule has 0 aliphatic heterocycles. The summed E-state index contributed by atoms with van der Waals surface area (Å²) in [6, 6.07) is 24.5. The number of hydrogen-bond donors (Lipinski definition) is 0. The summed E-state index contributed by atoms with van der Waals surface area (Å²) in [5.41, 5.74) is 4.54. The van der Waals surface area contributed by atoms with E-state index in [-0.39, 0.29) is 0 Å². The van der Waals surface area contributed by atoms with Gasteiger partial charge in [0.25, 0.3) is 0 Å². The second kappa shape index (κ2) is 8.17. The van der Waals surface area contributed by atoms with E-state index in [1.165, 1.54) is 5.56 Å². The van der Waals surface area contributed by atoms with E-state index >= 15 is 0 Å². The summed E-state index contributed by atoms with van der Waals surface area (Å²) in [6.45, 7) is 3.55. The lowest BCUT2D eigenvalue weighted by molar-refractivity contribution is 0.283. The molecule has 0 N–H and O–H groups in total. The Morgan fingerprint density at radius 3 is 2.50 bits per heavy atom. The van der Waals surface area contributed by atoms with E-state index < -0.39 is 0 Å². The van der Waals surface area contributed by atoms with Gasteiger partial charge in [-0.2, -0.15) is 0 Å². The van der Waals surface area contributed by atoms with Crippen LogP contribution in [0.2, 0.25) is 0 Å². The Morgan fingerprint density at radius 2 is 1.68 bits per heavy atom. The lowest BCUT2D eigenvalue weighted by atomic mass is 10.1. The number of nitrogens with zero attached hydrogens (tertiary/aromatic N) is 2. The Bertz CT molecular complexity index is 1080. The lowest BCUT2D eigenvalue weighted by Gasteiger charge is -2.12. The number of imidazole rings is 1. The van der Waals surface area contributed by atoms with Crippen LogP contribution in [-0.4, -0.2) is 23.3 Å². The molecule has 1 aromatic heterocycles. The number of benzene rings is 3. The fraction of sp³-hybridized carbons (Fsp3) is 0.208. The van der Waals surface area contributed by atoms with Crippen molar-refractivity contribution >= 4 is 11.0 Å². The summed E-state index contributed by atoms with van der Waals surface area (Å²) < 4.78 is 13.6. The van der Waals surface area contributed by atoms with E-state index in [9.17, 15) is 0 Å². The minimum absolute atomic E-state index is 0.611. The number of aryl methyl sites for hydroxylation is 2. The highest BCUT2D eigenvalue weighted by Gasteiger charge is 2.12. The van der Waals surface area contributed by atoms with E-state index in [4.69, 9.17) is 14.5 Å². The SMILES string of the molecule is COc1ccccc1OCCCn1c(-c2cccc(C)c2)nc2ccccc21. The Morgan fingerprint density at radius 1 is 0.893 bits per heavy atom. The summed E-state index contributed by atoms with van der Waals surface area (Å²) in [7, 11) is 1.66. The maximum atomic E-state index is 5.94. The van der Waals surface area contributed by atoms with Crippen LogP contribution >= 0.6 is 0 Å². The van der Waals surface area contributed by atoms with Gasteiger partial charge in [0.15, 0.2) is 11.5 Å². The fourth-order valence-corrected chi connectivity index (χ4v) is 3.45. The lowest BCUT2D eigenvalue weighted by Crippen LogP contribution is -2.06. The molecule has 0 bridgehead atoms. The zero-order chi connectivity index (χ0) is 19.3. The van der Waals surface area contributed by atoms with Crippen LogP contribution in [0, 0.1) is 6.92 Å². The molecule has 4 rings (SSSR count). The maximum absolute atomic E-state index is 5.94. The summed E-state index contributed by atoms with van der Waals surface area (Å²) in [5.74, 6) is 2.54. The molecule has 4 heteroatoms. The van der Waals surface area contributed by atoms with Gasteiger partial charge >= 0.3 is 0 Å². The van der Waals surface area contributed by atoms with Gasteiger partial charge < -0.3 is 14.0 Å². The quantitative estimate of drug-likeness (QED) is 0.403. The molecular weight excluding hydrogens is 348 g/mol. The molecule has 4 aromatic rings. The van der Waals surface area contributed by atoms with E-state index in [1.54, 1.807) is 7.11 Å². The third-order valence-electron chi connectivity index (χ3n) is 4.78. The van der Waals surface area contributed by atoms with Gasteiger partial charge in [-0.3, -0.25) is 0 Å². The molecule has 0 fully saturated rings. The van der Waals surface area contributed by atoms with Crippen LogP contribution in [0.3, 0.4) is 0 Å². The summed E-state index contributed by atoms with van der Waals surface area (Å²) in [5, 5.41) is 0. The summed E-state index contributed by atoms with van der Waals surface area (Å²) in [4.78, 5) is 4.89. The van der Waals surface area contributed by atoms with E-state index in [0.29, 0.717) is 6.61 Å². The van der Waals surface area contributed by atoms with Gasteiger partial charge in [0, 0.05) is 12.1 Å². The normalized spacial score (nSPS) is 10.9. The largest absolute Gasteiger partial charge is 0.493 e. The Kier molecular flexibility index (Phi) is 5.29. The highest BCUT2D eigenvalue weighted by Crippen LogP contribution is 2.27.